The standard InChI is InChI=1S/C6H12N2O2/c9-5-7-8-6-1-3-10-4-2-6/h5-6,8H,1-4H2,(H,7,9). The van der Waals surface area contributed by atoms with E-state index in [9.17, 15) is 4.79 Å². The largest absolute Gasteiger partial charge is 0.381 e. The molecule has 0 radical (unpaired) electrons. The summed E-state index contributed by atoms with van der Waals surface area (Å²) >= 11 is 0. The highest BCUT2D eigenvalue weighted by Gasteiger charge is 2.11. The van der Waals surface area contributed by atoms with E-state index >= 15 is 0 Å². The highest BCUT2D eigenvalue weighted by Crippen LogP contribution is 2.04. The summed E-state index contributed by atoms with van der Waals surface area (Å²) in [5.74, 6) is 0. The number of carbonyl (C=O) groups excluding carboxylic acids is 1. The number of rotatable bonds is 3. The summed E-state index contributed by atoms with van der Waals surface area (Å²) in [6.07, 6.45) is 2.59. The summed E-state index contributed by atoms with van der Waals surface area (Å²) in [5, 5.41) is 0. The molecule has 0 aliphatic carbocycles. The lowest BCUT2D eigenvalue weighted by Crippen LogP contribution is -2.42. The molecule has 0 spiro atoms. The predicted molar refractivity (Wildman–Crippen MR) is 36.2 cm³/mol. The third-order valence-electron chi connectivity index (χ3n) is 1.57. The van der Waals surface area contributed by atoms with Crippen LogP contribution in [-0.2, 0) is 9.53 Å². The predicted octanol–water partition coefficient (Wildman–Crippen LogP) is -0.584. The van der Waals surface area contributed by atoms with Crippen LogP contribution in [0.2, 0.25) is 0 Å². The van der Waals surface area contributed by atoms with Crippen LogP contribution in [0.25, 0.3) is 0 Å². The Morgan fingerprint density at radius 2 is 2.10 bits per heavy atom. The van der Waals surface area contributed by atoms with Crippen LogP contribution in [0, 0.1) is 0 Å². The van der Waals surface area contributed by atoms with Crippen LogP contribution in [-0.4, -0.2) is 25.7 Å². The molecule has 0 aromatic rings. The van der Waals surface area contributed by atoms with E-state index in [1.807, 2.05) is 0 Å². The first-order valence-electron chi connectivity index (χ1n) is 3.46. The maximum absolute atomic E-state index is 9.84. The van der Waals surface area contributed by atoms with Gasteiger partial charge < -0.3 is 4.74 Å². The van der Waals surface area contributed by atoms with Gasteiger partial charge in [-0.2, -0.15) is 0 Å². The van der Waals surface area contributed by atoms with Gasteiger partial charge in [-0.25, -0.2) is 5.43 Å². The van der Waals surface area contributed by atoms with Crippen molar-refractivity contribution in [2.75, 3.05) is 13.2 Å². The molecule has 2 N–H and O–H groups in total. The Morgan fingerprint density at radius 3 is 2.70 bits per heavy atom. The molecule has 1 amide bonds. The lowest BCUT2D eigenvalue weighted by molar-refractivity contribution is -0.110. The highest BCUT2D eigenvalue weighted by molar-refractivity contribution is 5.44. The van der Waals surface area contributed by atoms with Crippen molar-refractivity contribution in [2.45, 2.75) is 18.9 Å². The van der Waals surface area contributed by atoms with E-state index in [2.05, 4.69) is 10.9 Å². The van der Waals surface area contributed by atoms with Gasteiger partial charge in [0.25, 0.3) is 0 Å². The monoisotopic (exact) mass is 144 g/mol. The summed E-state index contributed by atoms with van der Waals surface area (Å²) in [7, 11) is 0. The quantitative estimate of drug-likeness (QED) is 0.411. The fraction of sp³-hybridized carbons (Fsp3) is 0.833. The molecule has 0 saturated carbocycles. The summed E-state index contributed by atoms with van der Waals surface area (Å²) in [4.78, 5) is 9.84. The molecule has 1 aliphatic heterocycles. The topological polar surface area (TPSA) is 50.4 Å². The Hall–Kier alpha value is -0.610. The Morgan fingerprint density at radius 1 is 1.40 bits per heavy atom. The number of hydrogen-bond donors (Lipinski definition) is 2. The molecule has 1 aliphatic rings. The number of carbonyl (C=O) groups is 1. The molecule has 1 fully saturated rings. The van der Waals surface area contributed by atoms with Gasteiger partial charge in [-0.3, -0.25) is 10.2 Å². The van der Waals surface area contributed by atoms with Crippen molar-refractivity contribution in [3.63, 3.8) is 0 Å². The van der Waals surface area contributed by atoms with Gasteiger partial charge in [-0.15, -0.1) is 0 Å². The number of hydrazine groups is 1. The molecular formula is C6H12N2O2. The third-order valence-corrected chi connectivity index (χ3v) is 1.57. The van der Waals surface area contributed by atoms with Crippen molar-refractivity contribution in [1.82, 2.24) is 10.9 Å². The summed E-state index contributed by atoms with van der Waals surface area (Å²) in [6.45, 7) is 1.58. The first-order chi connectivity index (χ1) is 4.93. The van der Waals surface area contributed by atoms with Crippen LogP contribution < -0.4 is 10.9 Å². The smallest absolute Gasteiger partial charge is 0.221 e. The van der Waals surface area contributed by atoms with E-state index in [0.717, 1.165) is 26.1 Å². The maximum Gasteiger partial charge on any atom is 0.221 e. The molecule has 0 aromatic heterocycles. The van der Waals surface area contributed by atoms with E-state index in [4.69, 9.17) is 4.74 Å². The maximum atomic E-state index is 9.84. The molecule has 1 heterocycles. The molecule has 10 heavy (non-hydrogen) atoms. The van der Waals surface area contributed by atoms with E-state index in [1.165, 1.54) is 0 Å². The van der Waals surface area contributed by atoms with Gasteiger partial charge in [0.15, 0.2) is 0 Å². The van der Waals surface area contributed by atoms with Crippen LogP contribution in [0.3, 0.4) is 0 Å². The summed E-state index contributed by atoms with van der Waals surface area (Å²) < 4.78 is 5.12. The lowest BCUT2D eigenvalue weighted by Gasteiger charge is -2.22. The zero-order valence-electron chi connectivity index (χ0n) is 5.80. The molecule has 0 atom stereocenters. The van der Waals surface area contributed by atoms with E-state index in [1.54, 1.807) is 0 Å². The Kier molecular flexibility index (Phi) is 3.18. The first-order valence-corrected chi connectivity index (χ1v) is 3.46. The normalized spacial score (nSPS) is 20.4. The number of amides is 1. The first kappa shape index (κ1) is 7.50. The van der Waals surface area contributed by atoms with Crippen LogP contribution in [0.1, 0.15) is 12.8 Å². The van der Waals surface area contributed by atoms with Crippen molar-refractivity contribution in [2.24, 2.45) is 0 Å². The van der Waals surface area contributed by atoms with Crippen molar-refractivity contribution >= 4 is 6.41 Å². The van der Waals surface area contributed by atoms with Gasteiger partial charge in [0, 0.05) is 19.3 Å². The molecule has 0 unspecified atom stereocenters. The van der Waals surface area contributed by atoms with Gasteiger partial charge in [0.1, 0.15) is 0 Å². The van der Waals surface area contributed by atoms with E-state index in [-0.39, 0.29) is 0 Å². The minimum atomic E-state index is 0.388. The Balaban J connectivity index is 2.07. The Bertz CT molecular complexity index is 102. The van der Waals surface area contributed by atoms with Crippen LogP contribution in [0.15, 0.2) is 0 Å². The molecular weight excluding hydrogens is 132 g/mol. The van der Waals surface area contributed by atoms with E-state index < -0.39 is 0 Å². The fourth-order valence-corrected chi connectivity index (χ4v) is 0.994. The second kappa shape index (κ2) is 4.24. The van der Waals surface area contributed by atoms with Crippen molar-refractivity contribution in [3.05, 3.63) is 0 Å². The van der Waals surface area contributed by atoms with E-state index in [0.29, 0.717) is 12.5 Å². The SMILES string of the molecule is O=CNNC1CCOCC1. The zero-order chi connectivity index (χ0) is 7.23. The molecule has 58 valence electrons. The Labute approximate surface area is 59.9 Å². The van der Waals surface area contributed by atoms with Gasteiger partial charge in [-0.1, -0.05) is 0 Å². The number of hydrogen-bond acceptors (Lipinski definition) is 3. The minimum absolute atomic E-state index is 0.388. The lowest BCUT2D eigenvalue weighted by atomic mass is 10.1. The molecule has 1 rings (SSSR count). The van der Waals surface area contributed by atoms with Gasteiger partial charge in [0.05, 0.1) is 0 Å². The molecule has 0 aromatic carbocycles. The molecule has 0 bridgehead atoms. The zero-order valence-corrected chi connectivity index (χ0v) is 5.80. The average molecular weight is 144 g/mol. The van der Waals surface area contributed by atoms with Gasteiger partial charge >= 0.3 is 0 Å². The molecule has 1 saturated heterocycles. The fourth-order valence-electron chi connectivity index (χ4n) is 0.994. The van der Waals surface area contributed by atoms with Gasteiger partial charge in [0.2, 0.25) is 6.41 Å². The second-order valence-electron chi connectivity index (χ2n) is 2.29. The summed E-state index contributed by atoms with van der Waals surface area (Å²) in [5.41, 5.74) is 5.31. The van der Waals surface area contributed by atoms with Crippen molar-refractivity contribution < 1.29 is 9.53 Å². The van der Waals surface area contributed by atoms with Gasteiger partial charge in [-0.05, 0) is 12.8 Å². The van der Waals surface area contributed by atoms with Crippen molar-refractivity contribution in [1.29, 1.82) is 0 Å². The van der Waals surface area contributed by atoms with Crippen LogP contribution >= 0.6 is 0 Å². The third kappa shape index (κ3) is 2.33. The van der Waals surface area contributed by atoms with Crippen LogP contribution in [0.4, 0.5) is 0 Å². The number of nitrogens with one attached hydrogen (secondary N) is 2. The molecule has 4 nitrogen and oxygen atoms in total. The van der Waals surface area contributed by atoms with Crippen molar-refractivity contribution in [3.8, 4) is 0 Å². The summed E-state index contributed by atoms with van der Waals surface area (Å²) in [6, 6.07) is 0.388. The average Bonchev–Trinajstić information content (AvgIpc) is 2.03. The second-order valence-corrected chi connectivity index (χ2v) is 2.29. The van der Waals surface area contributed by atoms with Crippen LogP contribution in [0.5, 0.6) is 0 Å². The number of ether oxygens (including phenoxy) is 1. The highest BCUT2D eigenvalue weighted by atomic mass is 16.5. The molecule has 4 heteroatoms. The minimum Gasteiger partial charge on any atom is -0.381 e.